The Morgan fingerprint density at radius 2 is 1.69 bits per heavy atom. The van der Waals surface area contributed by atoms with E-state index < -0.39 is 10.0 Å². The summed E-state index contributed by atoms with van der Waals surface area (Å²) in [6, 6.07) is 16.3. The number of aromatic nitrogens is 1. The van der Waals surface area contributed by atoms with E-state index in [0.717, 1.165) is 18.4 Å². The minimum absolute atomic E-state index is 0.152. The van der Waals surface area contributed by atoms with Gasteiger partial charge in [-0.1, -0.05) is 18.2 Å². The van der Waals surface area contributed by atoms with Crippen LogP contribution < -0.4 is 10.0 Å². The molecule has 0 aliphatic carbocycles. The van der Waals surface area contributed by atoms with Crippen molar-refractivity contribution < 1.29 is 13.2 Å². The second-order valence-corrected chi connectivity index (χ2v) is 8.37. The van der Waals surface area contributed by atoms with E-state index in [1.807, 2.05) is 0 Å². The van der Waals surface area contributed by atoms with Crippen molar-refractivity contribution in [3.8, 4) is 0 Å². The maximum atomic E-state index is 12.7. The zero-order valence-corrected chi connectivity index (χ0v) is 17.1. The number of anilines is 2. The molecule has 0 bridgehead atoms. The van der Waals surface area contributed by atoms with E-state index in [1.54, 1.807) is 67.0 Å². The minimum Gasteiger partial charge on any atom is -0.322 e. The second-order valence-electron chi connectivity index (χ2n) is 6.31. The topological polar surface area (TPSA) is 88.2 Å². The van der Waals surface area contributed by atoms with Crippen molar-refractivity contribution in [2.45, 2.75) is 17.7 Å². The number of carbonyl (C=O) groups excluding carboxylic acids is 1. The molecule has 1 amide bonds. The average molecular weight is 430 g/mol. The van der Waals surface area contributed by atoms with Crippen LogP contribution in [-0.4, -0.2) is 25.2 Å². The number of halogens is 1. The lowest BCUT2D eigenvalue weighted by Crippen LogP contribution is -2.15. The van der Waals surface area contributed by atoms with Gasteiger partial charge in [-0.3, -0.25) is 14.5 Å². The van der Waals surface area contributed by atoms with Crippen LogP contribution >= 0.6 is 11.6 Å². The van der Waals surface area contributed by atoms with E-state index >= 15 is 0 Å². The molecule has 29 heavy (non-hydrogen) atoms. The van der Waals surface area contributed by atoms with Gasteiger partial charge in [0.1, 0.15) is 0 Å². The Labute approximate surface area is 175 Å². The normalized spacial score (nSPS) is 11.1. The number of amides is 1. The SMILES string of the molecule is O=C(Nc1ccncc1)c1cccc(NS(=O)(=O)c2ccc(CCCCl)cc2)c1. The van der Waals surface area contributed by atoms with Crippen molar-refractivity contribution in [3.05, 3.63) is 84.2 Å². The van der Waals surface area contributed by atoms with Crippen LogP contribution in [0.2, 0.25) is 0 Å². The van der Waals surface area contributed by atoms with Crippen LogP contribution in [0.5, 0.6) is 0 Å². The van der Waals surface area contributed by atoms with Crippen LogP contribution in [0.1, 0.15) is 22.3 Å². The van der Waals surface area contributed by atoms with Gasteiger partial charge in [0.05, 0.1) is 4.90 Å². The summed E-state index contributed by atoms with van der Waals surface area (Å²) < 4.78 is 27.8. The highest BCUT2D eigenvalue weighted by Gasteiger charge is 2.15. The summed E-state index contributed by atoms with van der Waals surface area (Å²) in [5.74, 6) is 0.216. The molecule has 0 saturated heterocycles. The van der Waals surface area contributed by atoms with Crippen LogP contribution in [0.15, 0.2) is 78.0 Å². The fourth-order valence-corrected chi connectivity index (χ4v) is 3.87. The first-order chi connectivity index (χ1) is 14.0. The van der Waals surface area contributed by atoms with Gasteiger partial charge in [-0.15, -0.1) is 11.6 Å². The third-order valence-corrected chi connectivity index (χ3v) is 5.81. The first kappa shape index (κ1) is 20.8. The maximum Gasteiger partial charge on any atom is 0.261 e. The number of alkyl halides is 1. The molecule has 0 spiro atoms. The van der Waals surface area contributed by atoms with Gasteiger partial charge < -0.3 is 5.32 Å². The number of carbonyl (C=O) groups is 1. The number of hydrogen-bond acceptors (Lipinski definition) is 4. The highest BCUT2D eigenvalue weighted by atomic mass is 35.5. The Morgan fingerprint density at radius 1 is 0.966 bits per heavy atom. The maximum absolute atomic E-state index is 12.7. The molecule has 1 aromatic heterocycles. The first-order valence-corrected chi connectivity index (χ1v) is 11.0. The fraction of sp³-hybridized carbons (Fsp3) is 0.143. The zero-order chi connectivity index (χ0) is 20.7. The quantitative estimate of drug-likeness (QED) is 0.522. The van der Waals surface area contributed by atoms with Gasteiger partial charge in [0.2, 0.25) is 0 Å². The van der Waals surface area contributed by atoms with Gasteiger partial charge in [-0.2, -0.15) is 0 Å². The van der Waals surface area contributed by atoms with E-state index in [1.165, 1.54) is 6.07 Å². The predicted molar refractivity (Wildman–Crippen MR) is 115 cm³/mol. The molecule has 0 atom stereocenters. The molecule has 0 saturated carbocycles. The third kappa shape index (κ3) is 5.79. The molecule has 3 aromatic rings. The Morgan fingerprint density at radius 3 is 2.38 bits per heavy atom. The van der Waals surface area contributed by atoms with Crippen molar-refractivity contribution in [2.24, 2.45) is 0 Å². The minimum atomic E-state index is -3.77. The van der Waals surface area contributed by atoms with Crippen LogP contribution in [0.4, 0.5) is 11.4 Å². The largest absolute Gasteiger partial charge is 0.322 e. The molecule has 0 aliphatic heterocycles. The van der Waals surface area contributed by atoms with Gasteiger partial charge in [-0.25, -0.2) is 8.42 Å². The Balaban J connectivity index is 1.72. The summed E-state index contributed by atoms with van der Waals surface area (Å²) in [4.78, 5) is 16.5. The molecule has 0 aliphatic rings. The smallest absolute Gasteiger partial charge is 0.261 e. The molecule has 0 unspecified atom stereocenters. The van der Waals surface area contributed by atoms with Crippen molar-refractivity contribution in [3.63, 3.8) is 0 Å². The fourth-order valence-electron chi connectivity index (χ4n) is 2.68. The van der Waals surface area contributed by atoms with Gasteiger partial charge in [0.15, 0.2) is 0 Å². The summed E-state index contributed by atoms with van der Waals surface area (Å²) in [6.07, 6.45) is 4.77. The first-order valence-electron chi connectivity index (χ1n) is 8.97. The van der Waals surface area contributed by atoms with Crippen LogP contribution in [0, 0.1) is 0 Å². The lowest BCUT2D eigenvalue weighted by molar-refractivity contribution is 0.102. The molecule has 2 aromatic carbocycles. The molecular weight excluding hydrogens is 410 g/mol. The molecule has 6 nitrogen and oxygen atoms in total. The van der Waals surface area contributed by atoms with Crippen molar-refractivity contribution in [1.82, 2.24) is 4.98 Å². The summed E-state index contributed by atoms with van der Waals surface area (Å²) >= 11 is 5.69. The number of nitrogens with one attached hydrogen (secondary N) is 2. The van der Waals surface area contributed by atoms with Gasteiger partial charge >= 0.3 is 0 Å². The number of benzene rings is 2. The van der Waals surface area contributed by atoms with Crippen molar-refractivity contribution >= 4 is 38.9 Å². The van der Waals surface area contributed by atoms with Crippen molar-refractivity contribution in [2.75, 3.05) is 15.9 Å². The molecule has 8 heteroatoms. The highest BCUT2D eigenvalue weighted by molar-refractivity contribution is 7.92. The lowest BCUT2D eigenvalue weighted by atomic mass is 10.1. The number of pyridine rings is 1. The zero-order valence-electron chi connectivity index (χ0n) is 15.5. The molecular formula is C21H20ClN3O3S. The average Bonchev–Trinajstić information content (AvgIpc) is 2.73. The summed E-state index contributed by atoms with van der Waals surface area (Å²) in [5, 5.41) is 2.74. The molecule has 0 fully saturated rings. The molecule has 1 heterocycles. The number of aryl methyl sites for hydroxylation is 1. The molecule has 0 radical (unpaired) electrons. The van der Waals surface area contributed by atoms with Gasteiger partial charge in [0, 0.05) is 35.2 Å². The number of sulfonamides is 1. The summed E-state index contributed by atoms with van der Waals surface area (Å²) in [6.45, 7) is 0. The van der Waals surface area contributed by atoms with Crippen molar-refractivity contribution in [1.29, 1.82) is 0 Å². The Hall–Kier alpha value is -2.90. The third-order valence-electron chi connectivity index (χ3n) is 4.15. The molecule has 150 valence electrons. The van der Waals surface area contributed by atoms with Crippen LogP contribution in [0.3, 0.4) is 0 Å². The van der Waals surface area contributed by atoms with E-state index in [4.69, 9.17) is 11.6 Å². The summed E-state index contributed by atoms with van der Waals surface area (Å²) in [7, 11) is -3.77. The highest BCUT2D eigenvalue weighted by Crippen LogP contribution is 2.19. The second kappa shape index (κ2) is 9.54. The number of hydrogen-bond donors (Lipinski definition) is 2. The number of rotatable bonds is 8. The molecule has 2 N–H and O–H groups in total. The Kier molecular flexibility index (Phi) is 6.85. The van der Waals surface area contributed by atoms with Gasteiger partial charge in [0.25, 0.3) is 15.9 Å². The van der Waals surface area contributed by atoms with E-state index in [2.05, 4.69) is 15.0 Å². The standard InChI is InChI=1S/C21H20ClN3O3S/c22-12-2-3-16-6-8-20(9-7-16)29(27,28)25-19-5-1-4-17(15-19)21(26)24-18-10-13-23-14-11-18/h1,4-11,13-15,25H,2-3,12H2,(H,23,24,26). The van der Waals surface area contributed by atoms with Crippen LogP contribution in [-0.2, 0) is 16.4 Å². The lowest BCUT2D eigenvalue weighted by Gasteiger charge is -2.10. The van der Waals surface area contributed by atoms with E-state index in [9.17, 15) is 13.2 Å². The van der Waals surface area contributed by atoms with Crippen LogP contribution in [0.25, 0.3) is 0 Å². The predicted octanol–water partition coefficient (Wildman–Crippen LogP) is 4.31. The monoisotopic (exact) mass is 429 g/mol. The van der Waals surface area contributed by atoms with E-state index in [0.29, 0.717) is 22.8 Å². The molecule has 3 rings (SSSR count). The summed E-state index contributed by atoms with van der Waals surface area (Å²) in [5.41, 5.74) is 2.27. The Bertz CT molecular complexity index is 1070. The van der Waals surface area contributed by atoms with E-state index in [-0.39, 0.29) is 10.8 Å². The van der Waals surface area contributed by atoms with Gasteiger partial charge in [-0.05, 0) is 60.9 Å². The number of nitrogens with zero attached hydrogens (tertiary/aromatic N) is 1.